The number of ether oxygens (including phenoxy) is 1. The minimum Gasteiger partial charge on any atom is -0.504 e. The minimum absolute atomic E-state index is 0.136. The van der Waals surface area contributed by atoms with Gasteiger partial charge in [0, 0.05) is 12.6 Å². The Bertz CT molecular complexity index is 458. The molecule has 1 heterocycles. The zero-order valence-corrected chi connectivity index (χ0v) is 11.5. The molecule has 0 aromatic heterocycles. The first-order valence-electron chi connectivity index (χ1n) is 6.99. The summed E-state index contributed by atoms with van der Waals surface area (Å²) in [6.07, 6.45) is 4.74. The highest BCUT2D eigenvalue weighted by Gasteiger charge is 2.12. The van der Waals surface area contributed by atoms with E-state index in [2.05, 4.69) is 4.90 Å². The van der Waals surface area contributed by atoms with Crippen LogP contribution in [0.1, 0.15) is 25.7 Å². The Morgan fingerprint density at radius 3 is 2.70 bits per heavy atom. The standard InChI is InChI=1S/C14H20N2O4/c17-13-11-12(16(18)19)5-6-14(13)20-10-4-9-15-7-2-1-3-8-15/h5-6,11,17H,1-4,7-10H2. The Morgan fingerprint density at radius 2 is 2.05 bits per heavy atom. The zero-order chi connectivity index (χ0) is 14.4. The number of hydrogen-bond acceptors (Lipinski definition) is 5. The van der Waals surface area contributed by atoms with Gasteiger partial charge in [-0.1, -0.05) is 6.42 Å². The number of nitro benzene ring substituents is 1. The van der Waals surface area contributed by atoms with E-state index < -0.39 is 4.92 Å². The molecule has 20 heavy (non-hydrogen) atoms. The van der Waals surface area contributed by atoms with Gasteiger partial charge in [0.1, 0.15) is 0 Å². The number of phenols is 1. The van der Waals surface area contributed by atoms with Gasteiger partial charge in [-0.15, -0.1) is 0 Å². The molecule has 1 fully saturated rings. The fourth-order valence-electron chi connectivity index (χ4n) is 2.39. The van der Waals surface area contributed by atoms with E-state index in [1.807, 2.05) is 0 Å². The summed E-state index contributed by atoms with van der Waals surface area (Å²) in [5.74, 6) is 0.117. The lowest BCUT2D eigenvalue weighted by atomic mass is 10.1. The van der Waals surface area contributed by atoms with E-state index in [1.165, 1.54) is 31.4 Å². The summed E-state index contributed by atoms with van der Waals surface area (Å²) in [6.45, 7) is 3.81. The lowest BCUT2D eigenvalue weighted by molar-refractivity contribution is -0.385. The van der Waals surface area contributed by atoms with Crippen molar-refractivity contribution in [2.24, 2.45) is 0 Å². The average Bonchev–Trinajstić information content (AvgIpc) is 2.46. The first-order valence-corrected chi connectivity index (χ1v) is 6.99. The SMILES string of the molecule is O=[N+]([O-])c1ccc(OCCCN2CCCCC2)c(O)c1. The van der Waals surface area contributed by atoms with Crippen LogP contribution in [-0.4, -0.2) is 41.2 Å². The Kier molecular flexibility index (Phi) is 5.17. The fraction of sp³-hybridized carbons (Fsp3) is 0.571. The van der Waals surface area contributed by atoms with Gasteiger partial charge in [0.05, 0.1) is 17.6 Å². The fourth-order valence-corrected chi connectivity index (χ4v) is 2.39. The maximum absolute atomic E-state index is 10.5. The molecule has 1 N–H and O–H groups in total. The van der Waals surface area contributed by atoms with Crippen molar-refractivity contribution in [1.29, 1.82) is 0 Å². The number of likely N-dealkylation sites (tertiary alicyclic amines) is 1. The Hall–Kier alpha value is -1.82. The van der Waals surface area contributed by atoms with Gasteiger partial charge in [-0.25, -0.2) is 0 Å². The molecule has 1 aliphatic heterocycles. The van der Waals surface area contributed by atoms with E-state index in [1.54, 1.807) is 0 Å². The van der Waals surface area contributed by atoms with E-state index in [0.29, 0.717) is 12.4 Å². The molecule has 0 radical (unpaired) electrons. The molecule has 110 valence electrons. The molecule has 6 nitrogen and oxygen atoms in total. The van der Waals surface area contributed by atoms with Gasteiger partial charge >= 0.3 is 0 Å². The molecule has 0 amide bonds. The lowest BCUT2D eigenvalue weighted by Gasteiger charge is -2.26. The highest BCUT2D eigenvalue weighted by Crippen LogP contribution is 2.29. The number of hydrogen-bond donors (Lipinski definition) is 1. The number of aromatic hydroxyl groups is 1. The van der Waals surface area contributed by atoms with Crippen LogP contribution in [0.5, 0.6) is 11.5 Å². The summed E-state index contributed by atoms with van der Waals surface area (Å²) in [5.41, 5.74) is -0.136. The third kappa shape index (κ3) is 4.09. The first kappa shape index (κ1) is 14.6. The molecule has 1 aliphatic rings. The molecule has 2 rings (SSSR count). The number of phenolic OH excluding ortho intramolecular Hbond substituents is 1. The molecule has 0 aliphatic carbocycles. The van der Waals surface area contributed by atoms with Gasteiger partial charge in [-0.3, -0.25) is 10.1 Å². The van der Waals surface area contributed by atoms with E-state index >= 15 is 0 Å². The van der Waals surface area contributed by atoms with Crippen molar-refractivity contribution < 1.29 is 14.8 Å². The molecular formula is C14H20N2O4. The Morgan fingerprint density at radius 1 is 1.30 bits per heavy atom. The summed E-state index contributed by atoms with van der Waals surface area (Å²) < 4.78 is 5.46. The largest absolute Gasteiger partial charge is 0.504 e. The number of rotatable bonds is 6. The van der Waals surface area contributed by atoms with Crippen molar-refractivity contribution in [3.8, 4) is 11.5 Å². The van der Waals surface area contributed by atoms with Gasteiger partial charge in [0.15, 0.2) is 11.5 Å². The van der Waals surface area contributed by atoms with Crippen molar-refractivity contribution >= 4 is 5.69 Å². The summed E-state index contributed by atoms with van der Waals surface area (Å²) in [6, 6.07) is 3.88. The average molecular weight is 280 g/mol. The van der Waals surface area contributed by atoms with Crippen molar-refractivity contribution in [2.75, 3.05) is 26.2 Å². The number of benzene rings is 1. The second kappa shape index (κ2) is 7.09. The van der Waals surface area contributed by atoms with E-state index in [-0.39, 0.29) is 11.4 Å². The number of nitro groups is 1. The number of piperidine rings is 1. The quantitative estimate of drug-likeness (QED) is 0.492. The molecule has 0 saturated carbocycles. The van der Waals surface area contributed by atoms with Crippen LogP contribution in [0.3, 0.4) is 0 Å². The molecule has 0 atom stereocenters. The highest BCUT2D eigenvalue weighted by molar-refractivity contribution is 5.47. The molecule has 0 bridgehead atoms. The van der Waals surface area contributed by atoms with Crippen LogP contribution in [0.25, 0.3) is 0 Å². The maximum Gasteiger partial charge on any atom is 0.273 e. The van der Waals surface area contributed by atoms with Crippen LogP contribution < -0.4 is 4.74 Å². The van der Waals surface area contributed by atoms with Crippen molar-refractivity contribution in [2.45, 2.75) is 25.7 Å². The van der Waals surface area contributed by atoms with Crippen molar-refractivity contribution in [3.05, 3.63) is 28.3 Å². The molecule has 6 heteroatoms. The predicted molar refractivity (Wildman–Crippen MR) is 75.2 cm³/mol. The predicted octanol–water partition coefficient (Wildman–Crippen LogP) is 2.56. The Labute approximate surface area is 118 Å². The third-order valence-corrected chi connectivity index (χ3v) is 3.48. The van der Waals surface area contributed by atoms with Gasteiger partial charge in [-0.2, -0.15) is 0 Å². The third-order valence-electron chi connectivity index (χ3n) is 3.48. The smallest absolute Gasteiger partial charge is 0.273 e. The van der Waals surface area contributed by atoms with E-state index in [4.69, 9.17) is 4.74 Å². The molecule has 0 spiro atoms. The molecule has 0 unspecified atom stereocenters. The van der Waals surface area contributed by atoms with Gasteiger partial charge in [0.2, 0.25) is 0 Å². The zero-order valence-electron chi connectivity index (χ0n) is 11.5. The van der Waals surface area contributed by atoms with Crippen LogP contribution in [0.2, 0.25) is 0 Å². The van der Waals surface area contributed by atoms with Crippen LogP contribution in [0.15, 0.2) is 18.2 Å². The van der Waals surface area contributed by atoms with Crippen LogP contribution in [-0.2, 0) is 0 Å². The second-order valence-corrected chi connectivity index (χ2v) is 5.01. The van der Waals surface area contributed by atoms with Gasteiger partial charge in [0.25, 0.3) is 5.69 Å². The van der Waals surface area contributed by atoms with E-state index in [9.17, 15) is 15.2 Å². The maximum atomic E-state index is 10.5. The topological polar surface area (TPSA) is 75.8 Å². The molecule has 1 aromatic carbocycles. The van der Waals surface area contributed by atoms with Crippen LogP contribution >= 0.6 is 0 Å². The minimum atomic E-state index is -0.542. The number of non-ortho nitro benzene ring substituents is 1. The highest BCUT2D eigenvalue weighted by atomic mass is 16.6. The molecule has 1 aromatic rings. The monoisotopic (exact) mass is 280 g/mol. The van der Waals surface area contributed by atoms with Gasteiger partial charge in [-0.05, 0) is 38.4 Å². The van der Waals surface area contributed by atoms with Crippen LogP contribution in [0, 0.1) is 10.1 Å². The summed E-state index contributed by atoms with van der Waals surface area (Å²) in [4.78, 5) is 12.4. The first-order chi connectivity index (χ1) is 9.66. The van der Waals surface area contributed by atoms with Crippen molar-refractivity contribution in [3.63, 3.8) is 0 Å². The number of nitrogens with zero attached hydrogens (tertiary/aromatic N) is 2. The summed E-state index contributed by atoms with van der Waals surface area (Å²) >= 11 is 0. The molecule has 1 saturated heterocycles. The normalized spacial score (nSPS) is 16.0. The van der Waals surface area contributed by atoms with E-state index in [0.717, 1.165) is 32.1 Å². The van der Waals surface area contributed by atoms with Crippen molar-refractivity contribution in [1.82, 2.24) is 4.90 Å². The Balaban J connectivity index is 1.74. The lowest BCUT2D eigenvalue weighted by Crippen LogP contribution is -2.31. The van der Waals surface area contributed by atoms with Crippen LogP contribution in [0.4, 0.5) is 5.69 Å². The second-order valence-electron chi connectivity index (χ2n) is 5.01. The summed E-state index contributed by atoms with van der Waals surface area (Å²) in [7, 11) is 0. The molecular weight excluding hydrogens is 260 g/mol. The summed E-state index contributed by atoms with van der Waals surface area (Å²) in [5, 5.41) is 20.2. The van der Waals surface area contributed by atoms with Gasteiger partial charge < -0.3 is 14.7 Å².